The Kier molecular flexibility index (Phi) is 7.57. The maximum absolute atomic E-state index is 13.0. The molecule has 0 radical (unpaired) electrons. The molecule has 1 N–H and O–H groups in total. The summed E-state index contributed by atoms with van der Waals surface area (Å²) < 4.78 is 5.21. The van der Waals surface area contributed by atoms with Crippen molar-refractivity contribution in [2.45, 2.75) is 31.8 Å². The lowest BCUT2D eigenvalue weighted by molar-refractivity contribution is -0.127. The molecular weight excluding hydrogens is 396 g/mol. The normalized spacial score (nSPS) is 18.8. The molecule has 1 saturated heterocycles. The Morgan fingerprint density at radius 1 is 0.906 bits per heavy atom. The summed E-state index contributed by atoms with van der Waals surface area (Å²) in [6.45, 7) is 2.29. The van der Waals surface area contributed by atoms with Crippen LogP contribution >= 0.6 is 0 Å². The number of methoxy groups -OCH3 is 1. The summed E-state index contributed by atoms with van der Waals surface area (Å²) in [6.07, 6.45) is 2.73. The molecule has 0 spiro atoms. The van der Waals surface area contributed by atoms with Crippen LogP contribution in [0.2, 0.25) is 0 Å². The number of hydrogen-bond donors (Lipinski definition) is 1. The van der Waals surface area contributed by atoms with Gasteiger partial charge in [0.2, 0.25) is 5.91 Å². The third-order valence-corrected chi connectivity index (χ3v) is 6.34. The van der Waals surface area contributed by atoms with Gasteiger partial charge in [0.1, 0.15) is 5.75 Å². The van der Waals surface area contributed by atoms with Crippen molar-refractivity contribution in [3.63, 3.8) is 0 Å². The molecule has 4 nitrogen and oxygen atoms in total. The molecule has 166 valence electrons. The first-order valence-electron chi connectivity index (χ1n) is 11.5. The summed E-state index contributed by atoms with van der Waals surface area (Å²) in [4.78, 5) is 15.4. The molecule has 3 aromatic carbocycles. The second-order valence-corrected chi connectivity index (χ2v) is 8.50. The van der Waals surface area contributed by atoms with E-state index in [1.54, 1.807) is 7.11 Å². The first-order chi connectivity index (χ1) is 15.7. The van der Waals surface area contributed by atoms with Crippen LogP contribution in [0.1, 0.15) is 35.6 Å². The van der Waals surface area contributed by atoms with Crippen molar-refractivity contribution in [1.82, 2.24) is 10.2 Å². The monoisotopic (exact) mass is 428 g/mol. The maximum atomic E-state index is 13.0. The number of carbonyl (C=O) groups excluding carboxylic acids is 1. The molecule has 1 fully saturated rings. The Bertz CT molecular complexity index is 973. The third-order valence-electron chi connectivity index (χ3n) is 6.34. The van der Waals surface area contributed by atoms with E-state index < -0.39 is 0 Å². The van der Waals surface area contributed by atoms with Crippen molar-refractivity contribution in [3.8, 4) is 5.75 Å². The molecule has 0 saturated carbocycles. The Balaban J connectivity index is 1.37. The fourth-order valence-electron chi connectivity index (χ4n) is 4.57. The van der Waals surface area contributed by atoms with Crippen molar-refractivity contribution in [2.75, 3.05) is 20.2 Å². The van der Waals surface area contributed by atoms with E-state index in [2.05, 4.69) is 76.9 Å². The molecule has 4 heteroatoms. The van der Waals surface area contributed by atoms with Gasteiger partial charge in [-0.15, -0.1) is 0 Å². The Hall–Kier alpha value is -3.11. The smallest absolute Gasteiger partial charge is 0.224 e. The largest absolute Gasteiger partial charge is 0.497 e. The molecule has 0 bridgehead atoms. The average molecular weight is 429 g/mol. The highest BCUT2D eigenvalue weighted by atomic mass is 16.5. The van der Waals surface area contributed by atoms with Crippen LogP contribution in [0.15, 0.2) is 84.9 Å². The predicted molar refractivity (Wildman–Crippen MR) is 128 cm³/mol. The summed E-state index contributed by atoms with van der Waals surface area (Å²) in [5, 5.41) is 3.17. The van der Waals surface area contributed by atoms with Gasteiger partial charge in [-0.25, -0.2) is 0 Å². The van der Waals surface area contributed by atoms with Gasteiger partial charge in [-0.1, -0.05) is 72.8 Å². The molecule has 2 unspecified atom stereocenters. The third kappa shape index (κ3) is 5.77. The highest BCUT2D eigenvalue weighted by Gasteiger charge is 2.32. The minimum absolute atomic E-state index is 0.0227. The van der Waals surface area contributed by atoms with Gasteiger partial charge in [-0.3, -0.25) is 9.69 Å². The van der Waals surface area contributed by atoms with Crippen LogP contribution in [0.5, 0.6) is 5.75 Å². The molecule has 1 amide bonds. The standard InChI is InChI=1S/C28H32N2O2/c1-32-26-15-12-22(13-16-26)18-19-29-28(31)25-14-17-27(24-10-6-3-7-11-24)30(21-25)20-23-8-4-2-5-9-23/h2-13,15-16,25,27H,14,17-21H2,1H3,(H,29,31). The molecule has 0 aromatic heterocycles. The fourth-order valence-corrected chi connectivity index (χ4v) is 4.57. The van der Waals surface area contributed by atoms with Gasteiger partial charge in [-0.2, -0.15) is 0 Å². The minimum Gasteiger partial charge on any atom is -0.497 e. The molecule has 2 atom stereocenters. The number of carbonyl (C=O) groups is 1. The van der Waals surface area contributed by atoms with Crippen LogP contribution in [0.25, 0.3) is 0 Å². The van der Waals surface area contributed by atoms with Gasteiger partial charge in [0, 0.05) is 25.7 Å². The zero-order chi connectivity index (χ0) is 22.2. The lowest BCUT2D eigenvalue weighted by Crippen LogP contribution is -2.44. The summed E-state index contributed by atoms with van der Waals surface area (Å²) in [6, 6.07) is 29.6. The first kappa shape index (κ1) is 22.1. The van der Waals surface area contributed by atoms with Gasteiger partial charge in [0.05, 0.1) is 13.0 Å². The highest BCUT2D eigenvalue weighted by molar-refractivity contribution is 5.79. The van der Waals surface area contributed by atoms with Crippen LogP contribution < -0.4 is 10.1 Å². The molecule has 32 heavy (non-hydrogen) atoms. The zero-order valence-electron chi connectivity index (χ0n) is 18.7. The van der Waals surface area contributed by atoms with E-state index in [1.807, 2.05) is 18.2 Å². The van der Waals surface area contributed by atoms with Crippen molar-refractivity contribution in [1.29, 1.82) is 0 Å². The van der Waals surface area contributed by atoms with E-state index in [0.29, 0.717) is 12.6 Å². The van der Waals surface area contributed by atoms with E-state index in [9.17, 15) is 4.79 Å². The first-order valence-corrected chi connectivity index (χ1v) is 11.5. The number of amides is 1. The molecule has 1 aliphatic heterocycles. The average Bonchev–Trinajstić information content (AvgIpc) is 2.85. The molecule has 1 heterocycles. The Morgan fingerprint density at radius 2 is 1.59 bits per heavy atom. The van der Waals surface area contributed by atoms with E-state index in [0.717, 1.165) is 38.1 Å². The number of piperidine rings is 1. The SMILES string of the molecule is COc1ccc(CCNC(=O)C2CCC(c3ccccc3)N(Cc3ccccc3)C2)cc1. The number of likely N-dealkylation sites (tertiary alicyclic amines) is 1. The van der Waals surface area contributed by atoms with Crippen molar-refractivity contribution in [2.24, 2.45) is 5.92 Å². The maximum Gasteiger partial charge on any atom is 0.224 e. The highest BCUT2D eigenvalue weighted by Crippen LogP contribution is 2.34. The molecule has 4 rings (SSSR count). The van der Waals surface area contributed by atoms with Gasteiger partial charge in [0.15, 0.2) is 0 Å². The van der Waals surface area contributed by atoms with Crippen molar-refractivity contribution < 1.29 is 9.53 Å². The van der Waals surface area contributed by atoms with Crippen LogP contribution in [0, 0.1) is 5.92 Å². The van der Waals surface area contributed by atoms with Crippen LogP contribution in [-0.2, 0) is 17.8 Å². The number of hydrogen-bond acceptors (Lipinski definition) is 3. The second-order valence-electron chi connectivity index (χ2n) is 8.50. The van der Waals surface area contributed by atoms with E-state index in [-0.39, 0.29) is 11.8 Å². The number of ether oxygens (including phenoxy) is 1. The van der Waals surface area contributed by atoms with Crippen molar-refractivity contribution in [3.05, 3.63) is 102 Å². The second kappa shape index (κ2) is 11.0. The van der Waals surface area contributed by atoms with E-state index >= 15 is 0 Å². The number of nitrogens with one attached hydrogen (secondary N) is 1. The van der Waals surface area contributed by atoms with Crippen LogP contribution in [-0.4, -0.2) is 31.0 Å². The van der Waals surface area contributed by atoms with Gasteiger partial charge < -0.3 is 10.1 Å². The summed E-state index contributed by atoms with van der Waals surface area (Å²) in [7, 11) is 1.67. The van der Waals surface area contributed by atoms with Gasteiger partial charge >= 0.3 is 0 Å². The Labute approximate surface area is 191 Å². The molecule has 1 aliphatic rings. The summed E-state index contributed by atoms with van der Waals surface area (Å²) >= 11 is 0. The number of nitrogens with zero attached hydrogens (tertiary/aromatic N) is 1. The summed E-state index contributed by atoms with van der Waals surface area (Å²) in [5.74, 6) is 1.05. The predicted octanol–water partition coefficient (Wildman–Crippen LogP) is 5.01. The number of benzene rings is 3. The molecule has 3 aromatic rings. The van der Waals surface area contributed by atoms with Crippen LogP contribution in [0.4, 0.5) is 0 Å². The quantitative estimate of drug-likeness (QED) is 0.549. The number of rotatable bonds is 8. The Morgan fingerprint density at radius 3 is 2.28 bits per heavy atom. The lowest BCUT2D eigenvalue weighted by Gasteiger charge is -2.39. The van der Waals surface area contributed by atoms with E-state index in [1.165, 1.54) is 16.7 Å². The van der Waals surface area contributed by atoms with Crippen molar-refractivity contribution >= 4 is 5.91 Å². The summed E-state index contributed by atoms with van der Waals surface area (Å²) in [5.41, 5.74) is 3.82. The minimum atomic E-state index is 0.0227. The fraction of sp³-hybridized carbons (Fsp3) is 0.321. The lowest BCUT2D eigenvalue weighted by atomic mass is 9.88. The van der Waals surface area contributed by atoms with Gasteiger partial charge in [0.25, 0.3) is 0 Å². The zero-order valence-corrected chi connectivity index (χ0v) is 18.7. The van der Waals surface area contributed by atoms with Gasteiger partial charge in [-0.05, 0) is 48.1 Å². The topological polar surface area (TPSA) is 41.6 Å². The molecular formula is C28H32N2O2. The van der Waals surface area contributed by atoms with E-state index in [4.69, 9.17) is 4.74 Å². The van der Waals surface area contributed by atoms with Crippen LogP contribution in [0.3, 0.4) is 0 Å². The molecule has 0 aliphatic carbocycles.